The van der Waals surface area contributed by atoms with Crippen LogP contribution < -0.4 is 5.32 Å². The summed E-state index contributed by atoms with van der Waals surface area (Å²) in [4.78, 5) is 4.41. The molecule has 0 spiro atoms. The molecule has 2 rings (SSSR count). The van der Waals surface area contributed by atoms with E-state index in [0.29, 0.717) is 0 Å². The molecule has 0 amide bonds. The number of halogens is 1. The van der Waals surface area contributed by atoms with Gasteiger partial charge in [-0.3, -0.25) is 0 Å². The van der Waals surface area contributed by atoms with E-state index in [1.807, 2.05) is 44.6 Å². The Balaban J connectivity index is 2.37. The molecule has 0 aliphatic heterocycles. The van der Waals surface area contributed by atoms with E-state index in [0.717, 1.165) is 28.6 Å². The van der Waals surface area contributed by atoms with Crippen molar-refractivity contribution in [2.45, 2.75) is 6.54 Å². The largest absolute Gasteiger partial charge is 0.330 e. The van der Waals surface area contributed by atoms with E-state index in [1.54, 1.807) is 0 Å². The predicted octanol–water partition coefficient (Wildman–Crippen LogP) is 2.46. The summed E-state index contributed by atoms with van der Waals surface area (Å²) in [7, 11) is 3.94. The van der Waals surface area contributed by atoms with Crippen molar-refractivity contribution in [1.29, 1.82) is 0 Å². The van der Waals surface area contributed by atoms with Gasteiger partial charge < -0.3 is 9.88 Å². The van der Waals surface area contributed by atoms with E-state index in [9.17, 15) is 0 Å². The summed E-state index contributed by atoms with van der Waals surface area (Å²) >= 11 is 5.86. The number of benzene rings is 1. The van der Waals surface area contributed by atoms with Gasteiger partial charge in [-0.25, -0.2) is 4.98 Å². The van der Waals surface area contributed by atoms with Crippen LogP contribution in [0, 0.1) is 0 Å². The maximum atomic E-state index is 5.86. The van der Waals surface area contributed by atoms with Crippen LogP contribution in [0.15, 0.2) is 30.5 Å². The number of imidazole rings is 1. The molecule has 84 valence electrons. The molecular weight excluding hydrogens is 222 g/mol. The fraction of sp³-hybridized carbons (Fsp3) is 0.250. The Hall–Kier alpha value is -1.32. The molecule has 16 heavy (non-hydrogen) atoms. The summed E-state index contributed by atoms with van der Waals surface area (Å²) in [5.41, 5.74) is 2.24. The Morgan fingerprint density at radius 2 is 2.00 bits per heavy atom. The fourth-order valence-corrected chi connectivity index (χ4v) is 1.78. The molecule has 3 nitrogen and oxygen atoms in total. The minimum Gasteiger partial charge on any atom is -0.330 e. The topological polar surface area (TPSA) is 29.9 Å². The molecule has 4 heteroatoms. The van der Waals surface area contributed by atoms with Gasteiger partial charge in [0.15, 0.2) is 0 Å². The normalized spacial score (nSPS) is 10.7. The summed E-state index contributed by atoms with van der Waals surface area (Å²) in [6.45, 7) is 0.817. The van der Waals surface area contributed by atoms with Crippen molar-refractivity contribution < 1.29 is 0 Å². The van der Waals surface area contributed by atoms with Gasteiger partial charge in [-0.05, 0) is 31.3 Å². The quantitative estimate of drug-likeness (QED) is 0.886. The highest BCUT2D eigenvalue weighted by atomic mass is 35.5. The fourth-order valence-electron chi connectivity index (χ4n) is 1.66. The summed E-state index contributed by atoms with van der Waals surface area (Å²) in [6, 6.07) is 7.72. The van der Waals surface area contributed by atoms with Gasteiger partial charge in [0.05, 0.1) is 11.9 Å². The lowest BCUT2D eigenvalue weighted by Gasteiger charge is -2.05. The van der Waals surface area contributed by atoms with Crippen molar-refractivity contribution in [3.05, 3.63) is 41.2 Å². The highest BCUT2D eigenvalue weighted by molar-refractivity contribution is 6.30. The molecular formula is C12H14ClN3. The van der Waals surface area contributed by atoms with Crippen molar-refractivity contribution in [3.8, 4) is 11.4 Å². The average molecular weight is 236 g/mol. The van der Waals surface area contributed by atoms with Gasteiger partial charge in [-0.15, -0.1) is 0 Å². The summed E-state index contributed by atoms with van der Waals surface area (Å²) in [6.07, 6.45) is 1.89. The Morgan fingerprint density at radius 3 is 2.62 bits per heavy atom. The lowest BCUT2D eigenvalue weighted by molar-refractivity contribution is 0.737. The Kier molecular flexibility index (Phi) is 3.27. The first-order valence-corrected chi connectivity index (χ1v) is 5.51. The molecule has 2 aromatic rings. The molecule has 1 aromatic heterocycles. The zero-order valence-electron chi connectivity index (χ0n) is 9.37. The first-order valence-electron chi connectivity index (χ1n) is 5.13. The van der Waals surface area contributed by atoms with Crippen LogP contribution in [0.4, 0.5) is 0 Å². The number of nitrogens with one attached hydrogen (secondary N) is 1. The number of hydrogen-bond donors (Lipinski definition) is 1. The Morgan fingerprint density at radius 1 is 1.31 bits per heavy atom. The second kappa shape index (κ2) is 4.68. The van der Waals surface area contributed by atoms with E-state index in [-0.39, 0.29) is 0 Å². The van der Waals surface area contributed by atoms with Crippen molar-refractivity contribution in [1.82, 2.24) is 14.9 Å². The maximum absolute atomic E-state index is 5.86. The van der Waals surface area contributed by atoms with Gasteiger partial charge in [0.1, 0.15) is 5.82 Å². The number of rotatable bonds is 3. The smallest absolute Gasteiger partial charge is 0.139 e. The lowest BCUT2D eigenvalue weighted by Crippen LogP contribution is -2.09. The standard InChI is InChI=1S/C12H14ClN3/c1-14-7-11-8-15-12(16(11)2)9-3-5-10(13)6-4-9/h3-6,8,14H,7H2,1-2H3. The van der Waals surface area contributed by atoms with Crippen LogP contribution in [0.3, 0.4) is 0 Å². The molecule has 0 fully saturated rings. The van der Waals surface area contributed by atoms with Gasteiger partial charge in [-0.1, -0.05) is 11.6 Å². The lowest BCUT2D eigenvalue weighted by atomic mass is 10.2. The molecule has 0 saturated carbocycles. The molecule has 0 radical (unpaired) electrons. The summed E-state index contributed by atoms with van der Waals surface area (Å²) in [5, 5.41) is 3.86. The maximum Gasteiger partial charge on any atom is 0.139 e. The second-order valence-electron chi connectivity index (χ2n) is 3.67. The van der Waals surface area contributed by atoms with E-state index < -0.39 is 0 Å². The molecule has 1 heterocycles. The second-order valence-corrected chi connectivity index (χ2v) is 4.11. The van der Waals surface area contributed by atoms with Gasteiger partial charge in [0, 0.05) is 24.2 Å². The van der Waals surface area contributed by atoms with Crippen LogP contribution in [-0.4, -0.2) is 16.6 Å². The van der Waals surface area contributed by atoms with Crippen LogP contribution in [0.2, 0.25) is 5.02 Å². The third-order valence-corrected chi connectivity index (χ3v) is 2.80. The first-order chi connectivity index (χ1) is 7.72. The van der Waals surface area contributed by atoms with Gasteiger partial charge >= 0.3 is 0 Å². The molecule has 1 aromatic carbocycles. The van der Waals surface area contributed by atoms with Crippen molar-refractivity contribution in [2.75, 3.05) is 7.05 Å². The first kappa shape index (κ1) is 11.2. The monoisotopic (exact) mass is 235 g/mol. The molecule has 1 N–H and O–H groups in total. The highest BCUT2D eigenvalue weighted by Gasteiger charge is 2.07. The molecule has 0 aliphatic carbocycles. The summed E-state index contributed by atoms with van der Waals surface area (Å²) < 4.78 is 2.08. The molecule has 0 bridgehead atoms. The highest BCUT2D eigenvalue weighted by Crippen LogP contribution is 2.20. The average Bonchev–Trinajstić information content (AvgIpc) is 2.63. The van der Waals surface area contributed by atoms with Gasteiger partial charge in [-0.2, -0.15) is 0 Å². The van der Waals surface area contributed by atoms with E-state index in [2.05, 4.69) is 14.9 Å². The third kappa shape index (κ3) is 2.10. The number of hydrogen-bond acceptors (Lipinski definition) is 2. The Bertz CT molecular complexity index is 474. The molecule has 0 aliphatic rings. The van der Waals surface area contributed by atoms with Crippen LogP contribution in [0.25, 0.3) is 11.4 Å². The van der Waals surface area contributed by atoms with Crippen LogP contribution >= 0.6 is 11.6 Å². The van der Waals surface area contributed by atoms with Crippen molar-refractivity contribution in [2.24, 2.45) is 7.05 Å². The molecule has 0 atom stereocenters. The van der Waals surface area contributed by atoms with Crippen LogP contribution in [0.5, 0.6) is 0 Å². The number of nitrogens with zero attached hydrogens (tertiary/aromatic N) is 2. The van der Waals surface area contributed by atoms with Crippen molar-refractivity contribution >= 4 is 11.6 Å². The van der Waals surface area contributed by atoms with Gasteiger partial charge in [0.2, 0.25) is 0 Å². The van der Waals surface area contributed by atoms with Gasteiger partial charge in [0.25, 0.3) is 0 Å². The molecule has 0 unspecified atom stereocenters. The zero-order chi connectivity index (χ0) is 11.5. The van der Waals surface area contributed by atoms with E-state index in [4.69, 9.17) is 11.6 Å². The van der Waals surface area contributed by atoms with Crippen molar-refractivity contribution in [3.63, 3.8) is 0 Å². The zero-order valence-corrected chi connectivity index (χ0v) is 10.1. The minimum atomic E-state index is 0.744. The Labute approximate surface area is 100 Å². The number of aromatic nitrogens is 2. The van der Waals surface area contributed by atoms with E-state index in [1.165, 1.54) is 0 Å². The van der Waals surface area contributed by atoms with Crippen LogP contribution in [-0.2, 0) is 13.6 Å². The van der Waals surface area contributed by atoms with Crippen LogP contribution in [0.1, 0.15) is 5.69 Å². The minimum absolute atomic E-state index is 0.744. The SMILES string of the molecule is CNCc1cnc(-c2ccc(Cl)cc2)n1C. The predicted molar refractivity (Wildman–Crippen MR) is 66.4 cm³/mol. The third-order valence-electron chi connectivity index (χ3n) is 2.54. The molecule has 0 saturated heterocycles. The summed E-state index contributed by atoms with van der Waals surface area (Å²) in [5.74, 6) is 0.960. The van der Waals surface area contributed by atoms with E-state index >= 15 is 0 Å².